The van der Waals surface area contributed by atoms with E-state index < -0.39 is 16.1 Å². The van der Waals surface area contributed by atoms with Gasteiger partial charge < -0.3 is 4.74 Å². The minimum absolute atomic E-state index is 0.216. The molecule has 0 amide bonds. The van der Waals surface area contributed by atoms with Gasteiger partial charge >= 0.3 is 0 Å². The van der Waals surface area contributed by atoms with Gasteiger partial charge in [-0.1, -0.05) is 36.4 Å². The summed E-state index contributed by atoms with van der Waals surface area (Å²) in [6.45, 7) is 2.43. The van der Waals surface area contributed by atoms with E-state index >= 15 is 0 Å². The van der Waals surface area contributed by atoms with Gasteiger partial charge in [-0.05, 0) is 48.2 Å². The van der Waals surface area contributed by atoms with Crippen LogP contribution in [0.4, 0.5) is 0 Å². The molecule has 0 fully saturated rings. The van der Waals surface area contributed by atoms with Crippen LogP contribution in [0.25, 0.3) is 0 Å². The molecule has 0 aliphatic heterocycles. The van der Waals surface area contributed by atoms with Crippen molar-refractivity contribution in [3.8, 4) is 5.75 Å². The second-order valence-corrected chi connectivity index (χ2v) is 8.08. The van der Waals surface area contributed by atoms with Crippen LogP contribution in [0.1, 0.15) is 23.4 Å². The standard InChI is InChI=1S/C19H19NO3S2/c1-2-23-16-10-12-17(13-11-16)25(21,22)20-19(18-9-6-14-24-18)15-7-4-3-5-8-15/h3-14,19-20H,2H2,1H3/t19-/m1/s1. The molecule has 1 heterocycles. The Bertz CT molecular complexity index is 890. The van der Waals surface area contributed by atoms with Crippen molar-refractivity contribution in [2.24, 2.45) is 0 Å². The first-order valence-electron chi connectivity index (χ1n) is 7.93. The van der Waals surface area contributed by atoms with E-state index in [-0.39, 0.29) is 4.90 Å². The molecule has 130 valence electrons. The lowest BCUT2D eigenvalue weighted by Crippen LogP contribution is -2.29. The average Bonchev–Trinajstić information content (AvgIpc) is 3.16. The van der Waals surface area contributed by atoms with Gasteiger partial charge in [0, 0.05) is 4.88 Å². The van der Waals surface area contributed by atoms with E-state index in [1.165, 1.54) is 11.3 Å². The fourth-order valence-corrected chi connectivity index (χ4v) is 4.58. The van der Waals surface area contributed by atoms with Crippen LogP contribution in [-0.4, -0.2) is 15.0 Å². The second kappa shape index (κ2) is 7.82. The topological polar surface area (TPSA) is 55.4 Å². The molecule has 0 saturated carbocycles. The van der Waals surface area contributed by atoms with Crippen molar-refractivity contribution in [2.75, 3.05) is 6.61 Å². The lowest BCUT2D eigenvalue weighted by molar-refractivity contribution is 0.340. The molecule has 0 aliphatic carbocycles. The smallest absolute Gasteiger partial charge is 0.241 e. The molecule has 3 rings (SSSR count). The van der Waals surface area contributed by atoms with E-state index in [0.29, 0.717) is 12.4 Å². The van der Waals surface area contributed by atoms with Crippen LogP contribution >= 0.6 is 11.3 Å². The number of sulfonamides is 1. The van der Waals surface area contributed by atoms with E-state index in [4.69, 9.17) is 4.74 Å². The number of ether oxygens (including phenoxy) is 1. The first-order valence-corrected chi connectivity index (χ1v) is 10.3. The van der Waals surface area contributed by atoms with Crippen LogP contribution in [0.2, 0.25) is 0 Å². The molecule has 6 heteroatoms. The third-order valence-electron chi connectivity index (χ3n) is 3.68. The Hall–Kier alpha value is -2.15. The monoisotopic (exact) mass is 373 g/mol. The molecule has 1 atom stereocenters. The number of thiophene rings is 1. The van der Waals surface area contributed by atoms with Crippen molar-refractivity contribution in [3.05, 3.63) is 82.6 Å². The van der Waals surface area contributed by atoms with Gasteiger partial charge in [0.1, 0.15) is 5.75 Å². The maximum atomic E-state index is 12.8. The summed E-state index contributed by atoms with van der Waals surface area (Å²) in [5.74, 6) is 0.652. The Morgan fingerprint density at radius 2 is 1.72 bits per heavy atom. The Labute approximate surface area is 152 Å². The van der Waals surface area contributed by atoms with Crippen molar-refractivity contribution in [3.63, 3.8) is 0 Å². The molecule has 1 aromatic heterocycles. The predicted molar refractivity (Wildman–Crippen MR) is 101 cm³/mol. The summed E-state index contributed by atoms with van der Waals surface area (Å²) in [5.41, 5.74) is 0.902. The number of hydrogen-bond acceptors (Lipinski definition) is 4. The van der Waals surface area contributed by atoms with Gasteiger partial charge in [-0.25, -0.2) is 8.42 Å². The molecule has 2 aromatic carbocycles. The summed E-state index contributed by atoms with van der Waals surface area (Å²) in [7, 11) is -3.66. The second-order valence-electron chi connectivity index (χ2n) is 5.38. The zero-order valence-electron chi connectivity index (χ0n) is 13.8. The molecule has 1 N–H and O–H groups in total. The average molecular weight is 373 g/mol. The summed E-state index contributed by atoms with van der Waals surface area (Å²) < 4.78 is 33.9. The maximum absolute atomic E-state index is 12.8. The molecule has 25 heavy (non-hydrogen) atoms. The summed E-state index contributed by atoms with van der Waals surface area (Å²) in [6, 6.07) is 19.4. The van der Waals surface area contributed by atoms with Crippen LogP contribution < -0.4 is 9.46 Å². The molecule has 0 aliphatic rings. The Balaban J connectivity index is 1.90. The quantitative estimate of drug-likeness (QED) is 0.675. The molecular weight excluding hydrogens is 354 g/mol. The molecule has 4 nitrogen and oxygen atoms in total. The van der Waals surface area contributed by atoms with Crippen LogP contribution in [0.5, 0.6) is 5.75 Å². The number of hydrogen-bond donors (Lipinski definition) is 1. The normalized spacial score (nSPS) is 12.7. The molecule has 0 unspecified atom stereocenters. The van der Waals surface area contributed by atoms with Crippen molar-refractivity contribution >= 4 is 21.4 Å². The first-order chi connectivity index (χ1) is 12.1. The molecule has 0 bridgehead atoms. The van der Waals surface area contributed by atoms with Gasteiger partial charge in [-0.15, -0.1) is 11.3 Å². The third kappa shape index (κ3) is 4.28. The zero-order valence-corrected chi connectivity index (χ0v) is 15.4. The lowest BCUT2D eigenvalue weighted by Gasteiger charge is -2.18. The molecule has 0 spiro atoms. The maximum Gasteiger partial charge on any atom is 0.241 e. The van der Waals surface area contributed by atoms with Gasteiger partial charge in [0.15, 0.2) is 0 Å². The Kier molecular flexibility index (Phi) is 5.53. The van der Waals surface area contributed by atoms with E-state index in [1.54, 1.807) is 24.3 Å². The van der Waals surface area contributed by atoms with Crippen molar-refractivity contribution in [1.82, 2.24) is 4.72 Å². The van der Waals surface area contributed by atoms with Crippen molar-refractivity contribution in [1.29, 1.82) is 0 Å². The highest BCUT2D eigenvalue weighted by Gasteiger charge is 2.23. The third-order valence-corrected chi connectivity index (χ3v) is 6.05. The highest BCUT2D eigenvalue weighted by molar-refractivity contribution is 7.89. The van der Waals surface area contributed by atoms with Crippen LogP contribution in [-0.2, 0) is 10.0 Å². The van der Waals surface area contributed by atoms with Crippen LogP contribution in [0, 0.1) is 0 Å². The predicted octanol–water partition coefficient (Wildman–Crippen LogP) is 4.21. The minimum Gasteiger partial charge on any atom is -0.494 e. The summed E-state index contributed by atoms with van der Waals surface area (Å²) in [6.07, 6.45) is 0. The van der Waals surface area contributed by atoms with Gasteiger partial charge in [0.05, 0.1) is 17.5 Å². The van der Waals surface area contributed by atoms with E-state index in [0.717, 1.165) is 10.4 Å². The fraction of sp³-hybridized carbons (Fsp3) is 0.158. The van der Waals surface area contributed by atoms with E-state index in [9.17, 15) is 8.42 Å². The highest BCUT2D eigenvalue weighted by Crippen LogP contribution is 2.28. The number of benzene rings is 2. The SMILES string of the molecule is CCOc1ccc(S(=O)(=O)N[C@H](c2ccccc2)c2cccs2)cc1. The molecule has 3 aromatic rings. The highest BCUT2D eigenvalue weighted by atomic mass is 32.2. The lowest BCUT2D eigenvalue weighted by atomic mass is 10.1. The Morgan fingerprint density at radius 3 is 2.32 bits per heavy atom. The van der Waals surface area contributed by atoms with Gasteiger partial charge in [0.25, 0.3) is 0 Å². The summed E-state index contributed by atoms with van der Waals surface area (Å²) in [4.78, 5) is 1.16. The summed E-state index contributed by atoms with van der Waals surface area (Å²) >= 11 is 1.52. The largest absolute Gasteiger partial charge is 0.494 e. The van der Waals surface area contributed by atoms with Crippen LogP contribution in [0.3, 0.4) is 0 Å². The van der Waals surface area contributed by atoms with E-state index in [1.807, 2.05) is 54.8 Å². The number of rotatable bonds is 7. The van der Waals surface area contributed by atoms with Crippen LogP contribution in [0.15, 0.2) is 77.0 Å². The molecular formula is C19H19NO3S2. The van der Waals surface area contributed by atoms with Gasteiger partial charge in [-0.2, -0.15) is 4.72 Å². The zero-order chi connectivity index (χ0) is 17.7. The Morgan fingerprint density at radius 1 is 1.00 bits per heavy atom. The first kappa shape index (κ1) is 17.7. The van der Waals surface area contributed by atoms with Gasteiger partial charge in [-0.3, -0.25) is 0 Å². The molecule has 0 saturated heterocycles. The van der Waals surface area contributed by atoms with Crippen molar-refractivity contribution < 1.29 is 13.2 Å². The van der Waals surface area contributed by atoms with Crippen molar-refractivity contribution in [2.45, 2.75) is 17.9 Å². The summed E-state index contributed by atoms with van der Waals surface area (Å²) in [5, 5.41) is 1.94. The van der Waals surface area contributed by atoms with E-state index in [2.05, 4.69) is 4.72 Å². The van der Waals surface area contributed by atoms with Gasteiger partial charge in [0.2, 0.25) is 10.0 Å². The fourth-order valence-electron chi connectivity index (χ4n) is 2.50. The minimum atomic E-state index is -3.66. The number of nitrogens with one attached hydrogen (secondary N) is 1. The molecule has 0 radical (unpaired) electrons.